The molecule has 1 aromatic rings. The Morgan fingerprint density at radius 1 is 1.26 bits per heavy atom. The Balaban J connectivity index is 0.00000900. The number of guanidine groups is 1. The molecule has 0 aliphatic heterocycles. The van der Waals surface area contributed by atoms with E-state index in [0.717, 1.165) is 39.0 Å². The predicted octanol–water partition coefficient (Wildman–Crippen LogP) is 3.02. The van der Waals surface area contributed by atoms with Crippen LogP contribution < -0.4 is 15.4 Å². The monoisotopic (exact) mass is 551 g/mol. The molecule has 0 aliphatic carbocycles. The Hall–Kier alpha value is -1.66. The molecule has 1 rings (SSSR count). The van der Waals surface area contributed by atoms with Crippen LogP contribution in [-0.2, 0) is 0 Å². The van der Waals surface area contributed by atoms with Gasteiger partial charge in [0, 0.05) is 24.7 Å². The number of ether oxygens (including phenoxy) is 1. The fraction of sp³-hybridized carbons (Fsp3) is 0.667. The number of halogens is 1. The van der Waals surface area contributed by atoms with Crippen molar-refractivity contribution in [2.24, 2.45) is 4.99 Å². The van der Waals surface area contributed by atoms with Crippen LogP contribution in [-0.4, -0.2) is 72.4 Å². The Morgan fingerprint density at radius 2 is 1.90 bits per heavy atom. The summed E-state index contributed by atoms with van der Waals surface area (Å²) in [4.78, 5) is 17.1. The highest BCUT2D eigenvalue weighted by Gasteiger charge is 2.10. The maximum atomic E-state index is 10.7. The Kier molecular flexibility index (Phi) is 16.1. The number of non-ortho nitro benzene ring substituents is 1. The largest absolute Gasteiger partial charge is 0.491 e. The van der Waals surface area contributed by atoms with Gasteiger partial charge in [0.15, 0.2) is 5.96 Å². The maximum Gasteiger partial charge on any atom is 0.269 e. The molecule has 0 heterocycles. The number of aliphatic hydroxyl groups excluding tert-OH is 1. The van der Waals surface area contributed by atoms with Gasteiger partial charge in [-0.1, -0.05) is 13.8 Å². The first-order valence-corrected chi connectivity index (χ1v) is 10.7. The number of aliphatic hydroxyl groups is 1. The normalized spacial score (nSPS) is 13.3. The number of hydrogen-bond donors (Lipinski definition) is 3. The van der Waals surface area contributed by atoms with E-state index in [9.17, 15) is 15.2 Å². The van der Waals surface area contributed by atoms with Gasteiger partial charge in [0.2, 0.25) is 0 Å². The first-order chi connectivity index (χ1) is 14.4. The second kappa shape index (κ2) is 17.0. The molecule has 0 amide bonds. The van der Waals surface area contributed by atoms with Gasteiger partial charge < -0.3 is 25.4 Å². The maximum absolute atomic E-state index is 10.7. The van der Waals surface area contributed by atoms with E-state index in [1.807, 2.05) is 6.92 Å². The van der Waals surface area contributed by atoms with Gasteiger partial charge in [-0.05, 0) is 58.5 Å². The molecule has 2 unspecified atom stereocenters. The summed E-state index contributed by atoms with van der Waals surface area (Å²) in [6.07, 6.45) is 1.36. The van der Waals surface area contributed by atoms with Crippen molar-refractivity contribution in [1.82, 2.24) is 15.5 Å². The minimum absolute atomic E-state index is 0. The summed E-state index contributed by atoms with van der Waals surface area (Å²) in [5, 5.41) is 27.4. The highest BCUT2D eigenvalue weighted by Crippen LogP contribution is 2.17. The van der Waals surface area contributed by atoms with Crippen LogP contribution in [0.1, 0.15) is 40.5 Å². The molecule has 0 saturated heterocycles. The van der Waals surface area contributed by atoms with Crippen molar-refractivity contribution in [3.63, 3.8) is 0 Å². The molecule has 2 atom stereocenters. The second-order valence-electron chi connectivity index (χ2n) is 7.15. The molecule has 0 saturated carbocycles. The van der Waals surface area contributed by atoms with Gasteiger partial charge in [0.1, 0.15) is 18.5 Å². The molecule has 0 fully saturated rings. The standard InChI is InChI=1S/C21H37N5O4.HI/c1-5-22-21(24-17(4)9-8-14-25(6-2)7-3)23-15-19(27)16-30-20-12-10-18(11-13-20)26(28)29;/h10-13,17,19,27H,5-9,14-16H2,1-4H3,(H2,22,23,24);1H. The SMILES string of the molecule is CCNC(=NCC(O)COc1ccc([N+](=O)[O-])cc1)NC(C)CCCN(CC)CC.I. The van der Waals surface area contributed by atoms with E-state index in [-0.39, 0.29) is 48.9 Å². The third-order valence-electron chi connectivity index (χ3n) is 4.68. The van der Waals surface area contributed by atoms with Crippen molar-refractivity contribution in [3.05, 3.63) is 34.4 Å². The van der Waals surface area contributed by atoms with Gasteiger partial charge in [-0.25, -0.2) is 0 Å². The lowest BCUT2D eigenvalue weighted by molar-refractivity contribution is -0.384. The molecule has 3 N–H and O–H groups in total. The first kappa shape index (κ1) is 29.3. The van der Waals surface area contributed by atoms with Gasteiger partial charge in [-0.15, -0.1) is 24.0 Å². The number of hydrogen-bond acceptors (Lipinski definition) is 6. The highest BCUT2D eigenvalue weighted by atomic mass is 127. The Labute approximate surface area is 202 Å². The lowest BCUT2D eigenvalue weighted by Crippen LogP contribution is -2.43. The first-order valence-electron chi connectivity index (χ1n) is 10.7. The van der Waals surface area contributed by atoms with Crippen LogP contribution in [0.15, 0.2) is 29.3 Å². The van der Waals surface area contributed by atoms with E-state index < -0.39 is 11.0 Å². The van der Waals surface area contributed by atoms with Gasteiger partial charge in [0.25, 0.3) is 5.69 Å². The molecule has 178 valence electrons. The summed E-state index contributed by atoms with van der Waals surface area (Å²) in [5.74, 6) is 1.14. The van der Waals surface area contributed by atoms with Crippen molar-refractivity contribution >= 4 is 35.6 Å². The average Bonchev–Trinajstić information content (AvgIpc) is 2.74. The van der Waals surface area contributed by atoms with Crippen LogP contribution >= 0.6 is 24.0 Å². The summed E-state index contributed by atoms with van der Waals surface area (Å²) in [6.45, 7) is 12.7. The van der Waals surface area contributed by atoms with Gasteiger partial charge >= 0.3 is 0 Å². The lowest BCUT2D eigenvalue weighted by atomic mass is 10.2. The van der Waals surface area contributed by atoms with E-state index in [2.05, 4.69) is 41.3 Å². The van der Waals surface area contributed by atoms with Crippen LogP contribution in [0.25, 0.3) is 0 Å². The van der Waals surface area contributed by atoms with E-state index in [4.69, 9.17) is 4.74 Å². The average molecular weight is 551 g/mol. The van der Waals surface area contributed by atoms with Gasteiger partial charge in [0.05, 0.1) is 11.5 Å². The van der Waals surface area contributed by atoms with Gasteiger partial charge in [-0.3, -0.25) is 15.1 Å². The lowest BCUT2D eigenvalue weighted by Gasteiger charge is -2.21. The summed E-state index contributed by atoms with van der Waals surface area (Å²) in [5.41, 5.74) is 0.0000657. The third kappa shape index (κ3) is 12.7. The Bertz CT molecular complexity index is 641. The molecule has 0 radical (unpaired) electrons. The van der Waals surface area contributed by atoms with Crippen molar-refractivity contribution in [2.45, 2.75) is 52.7 Å². The quantitative estimate of drug-likeness (QED) is 0.107. The minimum atomic E-state index is -0.784. The van der Waals surface area contributed by atoms with Crippen molar-refractivity contribution < 1.29 is 14.8 Å². The molecule has 0 aromatic heterocycles. The van der Waals surface area contributed by atoms with Crippen molar-refractivity contribution in [1.29, 1.82) is 0 Å². The molecule has 1 aromatic carbocycles. The number of aliphatic imine (C=N–C) groups is 1. The van der Waals surface area contributed by atoms with Crippen molar-refractivity contribution in [2.75, 3.05) is 39.3 Å². The zero-order valence-electron chi connectivity index (χ0n) is 19.0. The van der Waals surface area contributed by atoms with E-state index in [1.165, 1.54) is 24.3 Å². The van der Waals surface area contributed by atoms with Crippen molar-refractivity contribution in [3.8, 4) is 5.75 Å². The minimum Gasteiger partial charge on any atom is -0.491 e. The smallest absolute Gasteiger partial charge is 0.269 e. The van der Waals surface area contributed by atoms with E-state index in [1.54, 1.807) is 0 Å². The number of nitrogens with zero attached hydrogens (tertiary/aromatic N) is 3. The van der Waals surface area contributed by atoms with Gasteiger partial charge in [-0.2, -0.15) is 0 Å². The summed E-state index contributed by atoms with van der Waals surface area (Å²) < 4.78 is 5.49. The van der Waals surface area contributed by atoms with Crippen LogP contribution in [0.4, 0.5) is 5.69 Å². The molecule has 0 aliphatic rings. The molecule has 31 heavy (non-hydrogen) atoms. The van der Waals surface area contributed by atoms with E-state index >= 15 is 0 Å². The number of nitro groups is 1. The molecule has 10 heteroatoms. The number of benzene rings is 1. The zero-order chi connectivity index (χ0) is 22.4. The Morgan fingerprint density at radius 3 is 2.45 bits per heavy atom. The molecule has 0 spiro atoms. The van der Waals surface area contributed by atoms with Crippen LogP contribution in [0.2, 0.25) is 0 Å². The topological polar surface area (TPSA) is 112 Å². The number of nitro benzene ring substituents is 1. The summed E-state index contributed by atoms with van der Waals surface area (Å²) in [6, 6.07) is 6.04. The van der Waals surface area contributed by atoms with Crippen LogP contribution in [0, 0.1) is 10.1 Å². The predicted molar refractivity (Wildman–Crippen MR) is 136 cm³/mol. The third-order valence-corrected chi connectivity index (χ3v) is 4.68. The zero-order valence-corrected chi connectivity index (χ0v) is 21.4. The van der Waals surface area contributed by atoms with Crippen LogP contribution in [0.5, 0.6) is 5.75 Å². The fourth-order valence-corrected chi connectivity index (χ4v) is 2.89. The molecule has 9 nitrogen and oxygen atoms in total. The highest BCUT2D eigenvalue weighted by molar-refractivity contribution is 14.0. The number of rotatable bonds is 14. The molecular formula is C21H38IN5O4. The second-order valence-corrected chi connectivity index (χ2v) is 7.15. The van der Waals surface area contributed by atoms with E-state index in [0.29, 0.717) is 11.7 Å². The molecular weight excluding hydrogens is 513 g/mol. The van der Waals surface area contributed by atoms with Crippen LogP contribution in [0.3, 0.4) is 0 Å². The summed E-state index contributed by atoms with van der Waals surface area (Å²) in [7, 11) is 0. The number of nitrogens with one attached hydrogen (secondary N) is 2. The fourth-order valence-electron chi connectivity index (χ4n) is 2.89. The molecule has 0 bridgehead atoms. The summed E-state index contributed by atoms with van der Waals surface area (Å²) >= 11 is 0.